The maximum Gasteiger partial charge on any atom is 0.244 e. The number of rotatable bonds is 7. The minimum absolute atomic E-state index is 0.128. The van der Waals surface area contributed by atoms with E-state index in [-0.39, 0.29) is 18.4 Å². The molecule has 0 atom stereocenters. The van der Waals surface area contributed by atoms with Crippen molar-refractivity contribution >= 4 is 45.4 Å². The molecule has 0 aliphatic rings. The van der Waals surface area contributed by atoms with Crippen LogP contribution < -0.4 is 10.6 Å². The van der Waals surface area contributed by atoms with Gasteiger partial charge in [0.15, 0.2) is 0 Å². The number of para-hydroxylation sites is 1. The van der Waals surface area contributed by atoms with Gasteiger partial charge in [0.2, 0.25) is 11.8 Å². The standard InChI is InChI=1S/C27H24N6O2/c1-2-32-24-6-4-3-5-22(24)23-15-19(7-13-25(23)32)8-14-26(34)29-16-27(35)31-20-9-11-21(12-10-20)33-18-28-17-30-33/h3-15,17-18H,2,16H2,1H3,(H,29,34)(H,31,35)/b14-8+. The molecular formula is C27H24N6O2. The summed E-state index contributed by atoms with van der Waals surface area (Å²) in [5.74, 6) is -0.646. The van der Waals surface area contributed by atoms with Crippen LogP contribution in [0.2, 0.25) is 0 Å². The summed E-state index contributed by atoms with van der Waals surface area (Å²) in [7, 11) is 0. The number of carbonyl (C=O) groups is 2. The molecule has 0 bridgehead atoms. The van der Waals surface area contributed by atoms with Crippen molar-refractivity contribution in [1.82, 2.24) is 24.6 Å². The average molecular weight is 465 g/mol. The summed E-state index contributed by atoms with van der Waals surface area (Å²) in [6.07, 6.45) is 6.25. The Morgan fingerprint density at radius 2 is 1.77 bits per heavy atom. The molecule has 5 aromatic rings. The first-order chi connectivity index (χ1) is 17.1. The van der Waals surface area contributed by atoms with Gasteiger partial charge in [0.25, 0.3) is 0 Å². The third kappa shape index (κ3) is 4.67. The maximum absolute atomic E-state index is 12.3. The molecule has 2 N–H and O–H groups in total. The van der Waals surface area contributed by atoms with Crippen molar-refractivity contribution in [3.63, 3.8) is 0 Å². The Morgan fingerprint density at radius 1 is 0.971 bits per heavy atom. The second-order valence-electron chi connectivity index (χ2n) is 8.02. The molecule has 0 saturated heterocycles. The Morgan fingerprint density at radius 3 is 2.54 bits per heavy atom. The summed E-state index contributed by atoms with van der Waals surface area (Å²) in [5, 5.41) is 11.8. The van der Waals surface area contributed by atoms with Gasteiger partial charge < -0.3 is 15.2 Å². The Kier molecular flexibility index (Phi) is 6.09. The van der Waals surface area contributed by atoms with Crippen molar-refractivity contribution in [1.29, 1.82) is 0 Å². The Labute approximate surface area is 201 Å². The second kappa shape index (κ2) is 9.64. The molecule has 8 heteroatoms. The summed E-state index contributed by atoms with van der Waals surface area (Å²) in [5.41, 5.74) is 4.74. The van der Waals surface area contributed by atoms with Gasteiger partial charge in [0.1, 0.15) is 12.7 Å². The van der Waals surface area contributed by atoms with Crippen LogP contribution in [0.3, 0.4) is 0 Å². The Hall–Kier alpha value is -4.72. The van der Waals surface area contributed by atoms with E-state index < -0.39 is 0 Å². The Balaban J connectivity index is 1.19. The van der Waals surface area contributed by atoms with Crippen LogP contribution in [0.4, 0.5) is 5.69 Å². The van der Waals surface area contributed by atoms with Gasteiger partial charge in [-0.3, -0.25) is 9.59 Å². The molecule has 3 aromatic carbocycles. The zero-order valence-electron chi connectivity index (χ0n) is 19.2. The lowest BCUT2D eigenvalue weighted by molar-refractivity contribution is -0.121. The van der Waals surface area contributed by atoms with Crippen LogP contribution in [-0.4, -0.2) is 37.7 Å². The van der Waals surface area contributed by atoms with Gasteiger partial charge in [0.05, 0.1) is 12.2 Å². The van der Waals surface area contributed by atoms with Crippen LogP contribution in [0, 0.1) is 0 Å². The van der Waals surface area contributed by atoms with Crippen molar-refractivity contribution in [3.05, 3.63) is 91.0 Å². The molecule has 8 nitrogen and oxygen atoms in total. The average Bonchev–Trinajstić information content (AvgIpc) is 3.53. The van der Waals surface area contributed by atoms with Crippen molar-refractivity contribution < 1.29 is 9.59 Å². The maximum atomic E-state index is 12.3. The van der Waals surface area contributed by atoms with Crippen molar-refractivity contribution in [3.8, 4) is 5.69 Å². The SMILES string of the molecule is CCn1c2ccccc2c2cc(/C=C/C(=O)NCC(=O)Nc3ccc(-n4cncn4)cc3)ccc21. The van der Waals surface area contributed by atoms with E-state index in [9.17, 15) is 9.59 Å². The predicted molar refractivity (Wildman–Crippen MR) is 137 cm³/mol. The van der Waals surface area contributed by atoms with Crippen LogP contribution in [0.5, 0.6) is 0 Å². The highest BCUT2D eigenvalue weighted by atomic mass is 16.2. The highest BCUT2D eigenvalue weighted by Gasteiger charge is 2.09. The predicted octanol–water partition coefficient (Wildman–Crippen LogP) is 4.16. The molecular weight excluding hydrogens is 440 g/mol. The number of hydrogen-bond acceptors (Lipinski definition) is 4. The van der Waals surface area contributed by atoms with Gasteiger partial charge >= 0.3 is 0 Å². The van der Waals surface area contributed by atoms with Crippen molar-refractivity contribution in [2.45, 2.75) is 13.5 Å². The molecule has 0 radical (unpaired) electrons. The molecule has 2 aromatic heterocycles. The van der Waals surface area contributed by atoms with Gasteiger partial charge in [-0.2, -0.15) is 5.10 Å². The van der Waals surface area contributed by atoms with Gasteiger partial charge in [0, 0.05) is 40.1 Å². The van der Waals surface area contributed by atoms with Crippen LogP contribution >= 0.6 is 0 Å². The number of nitrogens with one attached hydrogen (secondary N) is 2. The van der Waals surface area contributed by atoms with Crippen LogP contribution in [-0.2, 0) is 16.1 Å². The summed E-state index contributed by atoms with van der Waals surface area (Å²) < 4.78 is 3.91. The third-order valence-corrected chi connectivity index (χ3v) is 5.80. The van der Waals surface area contributed by atoms with Gasteiger partial charge in [-0.05, 0) is 61.0 Å². The van der Waals surface area contributed by atoms with E-state index in [2.05, 4.69) is 56.5 Å². The van der Waals surface area contributed by atoms with E-state index >= 15 is 0 Å². The lowest BCUT2D eigenvalue weighted by Crippen LogP contribution is -2.31. The van der Waals surface area contributed by atoms with E-state index in [1.807, 2.05) is 30.3 Å². The highest BCUT2D eigenvalue weighted by Crippen LogP contribution is 2.29. The first-order valence-electron chi connectivity index (χ1n) is 11.3. The number of aryl methyl sites for hydroxylation is 1. The summed E-state index contributed by atoms with van der Waals surface area (Å²) in [4.78, 5) is 28.4. The van der Waals surface area contributed by atoms with E-state index in [0.29, 0.717) is 5.69 Å². The van der Waals surface area contributed by atoms with E-state index in [0.717, 1.165) is 23.2 Å². The fraction of sp³-hybridized carbons (Fsp3) is 0.111. The molecule has 2 heterocycles. The molecule has 2 amide bonds. The second-order valence-corrected chi connectivity index (χ2v) is 8.02. The Bertz CT molecular complexity index is 1530. The number of carbonyl (C=O) groups excluding carboxylic acids is 2. The number of hydrogen-bond donors (Lipinski definition) is 2. The molecule has 0 fully saturated rings. The molecule has 0 unspecified atom stereocenters. The number of benzene rings is 3. The first kappa shape index (κ1) is 22.1. The summed E-state index contributed by atoms with van der Waals surface area (Å²) in [6.45, 7) is 2.89. The summed E-state index contributed by atoms with van der Waals surface area (Å²) in [6, 6.07) is 21.7. The molecule has 0 aliphatic heterocycles. The minimum atomic E-state index is -0.335. The zero-order valence-corrected chi connectivity index (χ0v) is 19.2. The topological polar surface area (TPSA) is 93.8 Å². The normalized spacial score (nSPS) is 11.3. The fourth-order valence-corrected chi connectivity index (χ4v) is 4.16. The third-order valence-electron chi connectivity index (χ3n) is 5.80. The highest BCUT2D eigenvalue weighted by molar-refractivity contribution is 6.09. The minimum Gasteiger partial charge on any atom is -0.343 e. The monoisotopic (exact) mass is 464 g/mol. The molecule has 5 rings (SSSR count). The van der Waals surface area contributed by atoms with Gasteiger partial charge in [-0.15, -0.1) is 0 Å². The van der Waals surface area contributed by atoms with Crippen molar-refractivity contribution in [2.24, 2.45) is 0 Å². The molecule has 0 aliphatic carbocycles. The summed E-state index contributed by atoms with van der Waals surface area (Å²) >= 11 is 0. The van der Waals surface area contributed by atoms with Crippen LogP contribution in [0.15, 0.2) is 85.5 Å². The molecule has 0 spiro atoms. The number of fused-ring (bicyclic) bond motifs is 3. The molecule has 35 heavy (non-hydrogen) atoms. The number of nitrogens with zero attached hydrogens (tertiary/aromatic N) is 4. The fourth-order valence-electron chi connectivity index (χ4n) is 4.16. The number of aromatic nitrogens is 4. The van der Waals surface area contributed by atoms with E-state index in [1.165, 1.54) is 28.8 Å². The lowest BCUT2D eigenvalue weighted by Gasteiger charge is -2.07. The number of anilines is 1. The number of amides is 2. The first-order valence-corrected chi connectivity index (χ1v) is 11.3. The largest absolute Gasteiger partial charge is 0.343 e. The molecule has 174 valence electrons. The molecule has 0 saturated carbocycles. The smallest absolute Gasteiger partial charge is 0.244 e. The van der Waals surface area contributed by atoms with Crippen molar-refractivity contribution in [2.75, 3.05) is 11.9 Å². The quantitative estimate of drug-likeness (QED) is 0.354. The van der Waals surface area contributed by atoms with Gasteiger partial charge in [-0.25, -0.2) is 9.67 Å². The van der Waals surface area contributed by atoms with E-state index in [4.69, 9.17) is 0 Å². The lowest BCUT2D eigenvalue weighted by atomic mass is 10.1. The van der Waals surface area contributed by atoms with E-state index in [1.54, 1.807) is 29.2 Å². The zero-order chi connectivity index (χ0) is 24.2. The van der Waals surface area contributed by atoms with Gasteiger partial charge in [-0.1, -0.05) is 24.3 Å². The van der Waals surface area contributed by atoms with Crippen LogP contribution in [0.25, 0.3) is 33.6 Å². The van der Waals surface area contributed by atoms with Crippen LogP contribution in [0.1, 0.15) is 12.5 Å².